The van der Waals surface area contributed by atoms with Crippen LogP contribution in [0.15, 0.2) is 42.5 Å². The Morgan fingerprint density at radius 2 is 2.00 bits per heavy atom. The first kappa shape index (κ1) is 16.3. The highest BCUT2D eigenvalue weighted by Gasteiger charge is 2.16. The maximum Gasteiger partial charge on any atom is 0.387 e. The summed E-state index contributed by atoms with van der Waals surface area (Å²) in [6.45, 7) is -1.15. The highest BCUT2D eigenvalue weighted by atomic mass is 35.5. The average molecular weight is 351 g/mol. The van der Waals surface area contributed by atoms with E-state index in [2.05, 4.69) is 15.0 Å². The largest absolute Gasteiger partial charge is 0.433 e. The van der Waals surface area contributed by atoms with Gasteiger partial charge in [0.1, 0.15) is 5.75 Å². The van der Waals surface area contributed by atoms with E-state index in [-0.39, 0.29) is 16.7 Å². The molecule has 0 spiro atoms. The molecule has 124 valence electrons. The number of aromatic nitrogens is 1. The first-order valence-corrected chi connectivity index (χ1v) is 7.46. The van der Waals surface area contributed by atoms with Crippen molar-refractivity contribution in [1.82, 2.24) is 4.98 Å². The number of rotatable bonds is 4. The van der Waals surface area contributed by atoms with Crippen molar-refractivity contribution in [1.29, 1.82) is 0 Å². The molecule has 7 heteroatoms. The predicted molar refractivity (Wildman–Crippen MR) is 89.1 cm³/mol. The van der Waals surface area contributed by atoms with Gasteiger partial charge in [-0.05, 0) is 31.2 Å². The SMILES string of the molecule is Cc1[nH]c2ccccc2c1C(=O)Nc1ccc(OC(F)F)c(Cl)c1. The molecule has 0 aliphatic rings. The van der Waals surface area contributed by atoms with Crippen LogP contribution in [0.25, 0.3) is 10.9 Å². The summed E-state index contributed by atoms with van der Waals surface area (Å²) in [4.78, 5) is 15.7. The third-order valence-corrected chi connectivity index (χ3v) is 3.82. The minimum atomic E-state index is -2.96. The number of carbonyl (C=O) groups excluding carboxylic acids is 1. The molecule has 0 atom stereocenters. The number of anilines is 1. The Morgan fingerprint density at radius 3 is 2.71 bits per heavy atom. The van der Waals surface area contributed by atoms with E-state index < -0.39 is 6.61 Å². The fourth-order valence-electron chi connectivity index (χ4n) is 2.53. The van der Waals surface area contributed by atoms with Crippen LogP contribution in [0.5, 0.6) is 5.75 Å². The molecule has 1 amide bonds. The van der Waals surface area contributed by atoms with Crippen LogP contribution in [-0.4, -0.2) is 17.5 Å². The second kappa shape index (κ2) is 6.49. The lowest BCUT2D eigenvalue weighted by molar-refractivity contribution is -0.0497. The number of amides is 1. The lowest BCUT2D eigenvalue weighted by Gasteiger charge is -2.10. The second-order valence-electron chi connectivity index (χ2n) is 5.15. The van der Waals surface area contributed by atoms with E-state index in [0.29, 0.717) is 11.3 Å². The normalized spacial score (nSPS) is 11.0. The number of para-hydroxylation sites is 1. The van der Waals surface area contributed by atoms with Gasteiger partial charge in [-0.15, -0.1) is 0 Å². The molecule has 0 radical (unpaired) electrons. The van der Waals surface area contributed by atoms with Gasteiger partial charge in [-0.2, -0.15) is 8.78 Å². The van der Waals surface area contributed by atoms with E-state index in [0.717, 1.165) is 16.6 Å². The fraction of sp³-hybridized carbons (Fsp3) is 0.118. The summed E-state index contributed by atoms with van der Waals surface area (Å²) in [5.41, 5.74) is 2.50. The minimum absolute atomic E-state index is 0.0104. The van der Waals surface area contributed by atoms with Crippen LogP contribution in [0, 0.1) is 6.92 Å². The van der Waals surface area contributed by atoms with E-state index >= 15 is 0 Å². The van der Waals surface area contributed by atoms with E-state index in [1.807, 2.05) is 31.2 Å². The molecule has 24 heavy (non-hydrogen) atoms. The van der Waals surface area contributed by atoms with Crippen molar-refractivity contribution in [2.45, 2.75) is 13.5 Å². The second-order valence-corrected chi connectivity index (χ2v) is 5.56. The van der Waals surface area contributed by atoms with Crippen LogP contribution in [0.1, 0.15) is 16.1 Å². The van der Waals surface area contributed by atoms with Gasteiger partial charge < -0.3 is 15.0 Å². The smallest absolute Gasteiger partial charge is 0.387 e. The zero-order chi connectivity index (χ0) is 17.3. The molecule has 0 saturated carbocycles. The maximum absolute atomic E-state index is 12.6. The van der Waals surface area contributed by atoms with Crippen LogP contribution >= 0.6 is 11.6 Å². The summed E-state index contributed by atoms with van der Waals surface area (Å²) >= 11 is 5.89. The summed E-state index contributed by atoms with van der Waals surface area (Å²) in [5.74, 6) is -0.462. The van der Waals surface area contributed by atoms with Gasteiger partial charge in [-0.1, -0.05) is 29.8 Å². The number of nitrogens with one attached hydrogen (secondary N) is 2. The van der Waals surface area contributed by atoms with E-state index in [1.165, 1.54) is 18.2 Å². The molecule has 0 aliphatic carbocycles. The third kappa shape index (κ3) is 3.19. The zero-order valence-corrected chi connectivity index (χ0v) is 13.3. The summed E-state index contributed by atoms with van der Waals surface area (Å²) in [6, 6.07) is 11.5. The van der Waals surface area contributed by atoms with Crippen molar-refractivity contribution >= 4 is 34.1 Å². The molecule has 1 heterocycles. The molecule has 1 aromatic heterocycles. The summed E-state index contributed by atoms with van der Waals surface area (Å²) in [6.07, 6.45) is 0. The van der Waals surface area contributed by atoms with E-state index in [4.69, 9.17) is 11.6 Å². The first-order chi connectivity index (χ1) is 11.5. The Kier molecular flexibility index (Phi) is 4.40. The predicted octanol–water partition coefficient (Wildman–Crippen LogP) is 4.98. The van der Waals surface area contributed by atoms with Crippen LogP contribution < -0.4 is 10.1 Å². The van der Waals surface area contributed by atoms with Crippen LogP contribution in [-0.2, 0) is 0 Å². The molecule has 0 saturated heterocycles. The number of alkyl halides is 2. The molecule has 2 N–H and O–H groups in total. The Hall–Kier alpha value is -2.60. The molecule has 3 rings (SSSR count). The molecule has 0 fully saturated rings. The lowest BCUT2D eigenvalue weighted by atomic mass is 10.1. The van der Waals surface area contributed by atoms with Gasteiger partial charge in [-0.3, -0.25) is 4.79 Å². The van der Waals surface area contributed by atoms with Gasteiger partial charge in [0.25, 0.3) is 5.91 Å². The Balaban J connectivity index is 1.86. The number of hydrogen-bond acceptors (Lipinski definition) is 2. The fourth-order valence-corrected chi connectivity index (χ4v) is 2.76. The van der Waals surface area contributed by atoms with Gasteiger partial charge in [0.15, 0.2) is 0 Å². The van der Waals surface area contributed by atoms with Crippen molar-refractivity contribution in [3.63, 3.8) is 0 Å². The topological polar surface area (TPSA) is 54.1 Å². The minimum Gasteiger partial charge on any atom is -0.433 e. The molecule has 2 aromatic carbocycles. The summed E-state index contributed by atoms with van der Waals surface area (Å²) in [7, 11) is 0. The summed E-state index contributed by atoms with van der Waals surface area (Å²) < 4.78 is 28.7. The first-order valence-electron chi connectivity index (χ1n) is 7.08. The Morgan fingerprint density at radius 1 is 1.25 bits per heavy atom. The number of ether oxygens (including phenoxy) is 1. The summed E-state index contributed by atoms with van der Waals surface area (Å²) in [5, 5.41) is 3.50. The molecule has 4 nitrogen and oxygen atoms in total. The van der Waals surface area contributed by atoms with Gasteiger partial charge in [0.05, 0.1) is 10.6 Å². The van der Waals surface area contributed by atoms with Crippen LogP contribution in [0.3, 0.4) is 0 Å². The van der Waals surface area contributed by atoms with Crippen molar-refractivity contribution < 1.29 is 18.3 Å². The monoisotopic (exact) mass is 350 g/mol. The van der Waals surface area contributed by atoms with Crippen molar-refractivity contribution in [3.8, 4) is 5.75 Å². The van der Waals surface area contributed by atoms with Crippen LogP contribution in [0.4, 0.5) is 14.5 Å². The number of halogens is 3. The van der Waals surface area contributed by atoms with Gasteiger partial charge in [0, 0.05) is 22.3 Å². The third-order valence-electron chi connectivity index (χ3n) is 3.53. The average Bonchev–Trinajstić information content (AvgIpc) is 2.85. The van der Waals surface area contributed by atoms with Crippen LogP contribution in [0.2, 0.25) is 5.02 Å². The number of fused-ring (bicyclic) bond motifs is 1. The molecular formula is C17H13ClF2N2O2. The number of benzene rings is 2. The highest BCUT2D eigenvalue weighted by molar-refractivity contribution is 6.32. The van der Waals surface area contributed by atoms with Crippen molar-refractivity contribution in [2.24, 2.45) is 0 Å². The molecule has 3 aromatic rings. The number of H-pyrrole nitrogens is 1. The Bertz CT molecular complexity index is 909. The van der Waals surface area contributed by atoms with Gasteiger partial charge in [0.2, 0.25) is 0 Å². The van der Waals surface area contributed by atoms with Crippen molar-refractivity contribution in [3.05, 3.63) is 58.7 Å². The van der Waals surface area contributed by atoms with Gasteiger partial charge >= 0.3 is 6.61 Å². The number of aryl methyl sites for hydroxylation is 1. The van der Waals surface area contributed by atoms with Crippen molar-refractivity contribution in [2.75, 3.05) is 5.32 Å². The zero-order valence-electron chi connectivity index (χ0n) is 12.6. The van der Waals surface area contributed by atoms with E-state index in [9.17, 15) is 13.6 Å². The molecule has 0 unspecified atom stereocenters. The standard InChI is InChI=1S/C17H13ClF2N2O2/c1-9-15(11-4-2-3-5-13(11)21-9)16(23)22-10-6-7-14(12(18)8-10)24-17(19)20/h2-8,17,21H,1H3,(H,22,23). The molecule has 0 aliphatic heterocycles. The number of carbonyl (C=O) groups is 1. The number of hydrogen-bond donors (Lipinski definition) is 2. The molecular weight excluding hydrogens is 338 g/mol. The highest BCUT2D eigenvalue weighted by Crippen LogP contribution is 2.30. The maximum atomic E-state index is 12.6. The van der Waals surface area contributed by atoms with Gasteiger partial charge in [-0.25, -0.2) is 0 Å². The number of aromatic amines is 1. The molecule has 0 bridgehead atoms. The Labute approximate surface area is 141 Å². The lowest BCUT2D eigenvalue weighted by Crippen LogP contribution is -2.13. The quantitative estimate of drug-likeness (QED) is 0.697. The van der Waals surface area contributed by atoms with E-state index in [1.54, 1.807) is 0 Å².